The lowest BCUT2D eigenvalue weighted by Crippen LogP contribution is -2.35. The Morgan fingerprint density at radius 3 is 2.66 bits per heavy atom. The number of aryl methyl sites for hydroxylation is 1. The first kappa shape index (κ1) is 22.4. The van der Waals surface area contributed by atoms with E-state index in [2.05, 4.69) is 64.6 Å². The van der Waals surface area contributed by atoms with E-state index in [-0.39, 0.29) is 17.2 Å². The maximum Gasteiger partial charge on any atom is 0.277 e. The smallest absolute Gasteiger partial charge is 0.277 e. The van der Waals surface area contributed by atoms with E-state index in [1.165, 1.54) is 28.6 Å². The summed E-state index contributed by atoms with van der Waals surface area (Å²) < 4.78 is 5.84. The molecule has 1 aromatic heterocycles. The second-order valence-corrected chi connectivity index (χ2v) is 9.30. The van der Waals surface area contributed by atoms with Crippen molar-refractivity contribution in [3.8, 4) is 11.5 Å². The number of rotatable bonds is 8. The molecule has 3 aromatic rings. The number of carbonyl (C=O) groups excluding carboxylic acids is 1. The number of carbonyl (C=O) groups is 1. The van der Waals surface area contributed by atoms with E-state index in [4.69, 9.17) is 4.42 Å². The fourth-order valence-electron chi connectivity index (χ4n) is 4.18. The highest BCUT2D eigenvalue weighted by atomic mass is 32.2. The van der Waals surface area contributed by atoms with Gasteiger partial charge >= 0.3 is 0 Å². The van der Waals surface area contributed by atoms with E-state index >= 15 is 0 Å². The van der Waals surface area contributed by atoms with Crippen LogP contribution in [0.3, 0.4) is 0 Å². The first-order chi connectivity index (χ1) is 15.6. The van der Waals surface area contributed by atoms with Crippen LogP contribution in [-0.4, -0.2) is 34.4 Å². The zero-order valence-corrected chi connectivity index (χ0v) is 19.7. The van der Waals surface area contributed by atoms with Crippen LogP contribution in [0.15, 0.2) is 58.2 Å². The third kappa shape index (κ3) is 4.99. The molecule has 1 aliphatic carbocycles. The van der Waals surface area contributed by atoms with E-state index in [0.717, 1.165) is 37.9 Å². The maximum absolute atomic E-state index is 12.8. The molecule has 1 heterocycles. The van der Waals surface area contributed by atoms with Gasteiger partial charge in [-0.3, -0.25) is 4.79 Å². The minimum Gasteiger partial charge on any atom is -0.411 e. The SMILES string of the molecule is CCN(CC)c1ccc(-c2nnc(S[C@@H](C)C(=O)N[C@H]3CCCc4ccccc43)o2)cc1. The van der Waals surface area contributed by atoms with Gasteiger partial charge in [-0.05, 0) is 75.4 Å². The van der Waals surface area contributed by atoms with Crippen LogP contribution in [0.25, 0.3) is 11.5 Å². The molecule has 2 atom stereocenters. The molecular weight excluding hydrogens is 420 g/mol. The Kier molecular flexibility index (Phi) is 7.15. The maximum atomic E-state index is 12.8. The van der Waals surface area contributed by atoms with Crippen LogP contribution in [0, 0.1) is 0 Å². The van der Waals surface area contributed by atoms with Gasteiger partial charge in [-0.25, -0.2) is 0 Å². The number of hydrogen-bond acceptors (Lipinski definition) is 6. The van der Waals surface area contributed by atoms with Crippen LogP contribution in [0.5, 0.6) is 0 Å². The summed E-state index contributed by atoms with van der Waals surface area (Å²) in [5, 5.41) is 11.6. The van der Waals surface area contributed by atoms with Gasteiger partial charge in [-0.15, -0.1) is 10.2 Å². The number of hydrogen-bond donors (Lipinski definition) is 1. The van der Waals surface area contributed by atoms with Crippen molar-refractivity contribution in [1.29, 1.82) is 0 Å². The van der Waals surface area contributed by atoms with Crippen molar-refractivity contribution in [1.82, 2.24) is 15.5 Å². The van der Waals surface area contributed by atoms with Gasteiger partial charge in [-0.1, -0.05) is 36.0 Å². The zero-order chi connectivity index (χ0) is 22.5. The van der Waals surface area contributed by atoms with Gasteiger partial charge in [0.25, 0.3) is 5.22 Å². The molecule has 1 amide bonds. The standard InChI is InChI=1S/C25H30N4O2S/c1-4-29(5-2)20-15-13-19(14-16-20)24-27-28-25(31-24)32-17(3)23(30)26-22-12-8-10-18-9-6-7-11-21(18)22/h6-7,9,11,13-17,22H,4-5,8,10,12H2,1-3H3,(H,26,30)/t17-,22-/m0/s1. The van der Waals surface area contributed by atoms with E-state index in [1.54, 1.807) is 0 Å². The van der Waals surface area contributed by atoms with Crippen LogP contribution < -0.4 is 10.2 Å². The lowest BCUT2D eigenvalue weighted by Gasteiger charge is -2.27. The molecule has 1 aliphatic rings. The highest BCUT2D eigenvalue weighted by molar-refractivity contribution is 8.00. The molecular formula is C25H30N4O2S. The summed E-state index contributed by atoms with van der Waals surface area (Å²) in [6, 6.07) is 16.6. The van der Waals surface area contributed by atoms with Crippen molar-refractivity contribution in [3.63, 3.8) is 0 Å². The van der Waals surface area contributed by atoms with Gasteiger partial charge in [0, 0.05) is 24.3 Å². The molecule has 6 nitrogen and oxygen atoms in total. The molecule has 1 N–H and O–H groups in total. The molecule has 0 bridgehead atoms. The third-order valence-electron chi connectivity index (χ3n) is 5.98. The quantitative estimate of drug-likeness (QED) is 0.472. The summed E-state index contributed by atoms with van der Waals surface area (Å²) >= 11 is 1.29. The summed E-state index contributed by atoms with van der Waals surface area (Å²) in [5.41, 5.74) is 4.61. The summed E-state index contributed by atoms with van der Waals surface area (Å²) in [6.07, 6.45) is 3.13. The monoisotopic (exact) mass is 450 g/mol. The second-order valence-electron chi connectivity index (χ2n) is 8.00. The van der Waals surface area contributed by atoms with Crippen molar-refractivity contribution in [2.45, 2.75) is 56.5 Å². The van der Waals surface area contributed by atoms with Gasteiger partial charge < -0.3 is 14.6 Å². The Hall–Kier alpha value is -2.80. The summed E-state index contributed by atoms with van der Waals surface area (Å²) in [4.78, 5) is 15.1. The van der Waals surface area contributed by atoms with E-state index < -0.39 is 0 Å². The Morgan fingerprint density at radius 1 is 1.16 bits per heavy atom. The average molecular weight is 451 g/mol. The predicted octanol–water partition coefficient (Wildman–Crippen LogP) is 5.26. The van der Waals surface area contributed by atoms with Crippen LogP contribution in [0.4, 0.5) is 5.69 Å². The Balaban J connectivity index is 1.37. The number of aromatic nitrogens is 2. The van der Waals surface area contributed by atoms with Crippen LogP contribution in [0.2, 0.25) is 0 Å². The van der Waals surface area contributed by atoms with E-state index in [0.29, 0.717) is 11.1 Å². The number of nitrogens with zero attached hydrogens (tertiary/aromatic N) is 3. The topological polar surface area (TPSA) is 71.3 Å². The molecule has 0 fully saturated rings. The largest absolute Gasteiger partial charge is 0.411 e. The molecule has 0 unspecified atom stereocenters. The van der Waals surface area contributed by atoms with Crippen molar-refractivity contribution in [3.05, 3.63) is 59.7 Å². The van der Waals surface area contributed by atoms with Crippen molar-refractivity contribution in [2.24, 2.45) is 0 Å². The summed E-state index contributed by atoms with van der Waals surface area (Å²) in [5.74, 6) is 0.451. The molecule has 7 heteroatoms. The lowest BCUT2D eigenvalue weighted by molar-refractivity contribution is -0.121. The molecule has 0 saturated carbocycles. The molecule has 4 rings (SSSR count). The van der Waals surface area contributed by atoms with Gasteiger partial charge in [0.15, 0.2) is 0 Å². The average Bonchev–Trinajstić information content (AvgIpc) is 3.29. The van der Waals surface area contributed by atoms with Crippen molar-refractivity contribution < 1.29 is 9.21 Å². The molecule has 0 spiro atoms. The van der Waals surface area contributed by atoms with Gasteiger partial charge in [0.2, 0.25) is 11.8 Å². The number of fused-ring (bicyclic) bond motifs is 1. The molecule has 2 aromatic carbocycles. The van der Waals surface area contributed by atoms with Crippen LogP contribution in [0.1, 0.15) is 50.8 Å². The third-order valence-corrected chi connectivity index (χ3v) is 6.92. The number of thioether (sulfide) groups is 1. The zero-order valence-electron chi connectivity index (χ0n) is 18.9. The molecule has 168 valence electrons. The summed E-state index contributed by atoms with van der Waals surface area (Å²) in [7, 11) is 0. The number of anilines is 1. The Labute approximate surface area is 193 Å². The number of benzene rings is 2. The predicted molar refractivity (Wildman–Crippen MR) is 129 cm³/mol. The first-order valence-corrected chi connectivity index (χ1v) is 12.2. The number of nitrogens with one attached hydrogen (secondary N) is 1. The highest BCUT2D eigenvalue weighted by Gasteiger charge is 2.25. The lowest BCUT2D eigenvalue weighted by atomic mass is 9.88. The first-order valence-electron chi connectivity index (χ1n) is 11.3. The van der Waals surface area contributed by atoms with Crippen LogP contribution >= 0.6 is 11.8 Å². The fourth-order valence-corrected chi connectivity index (χ4v) is 4.87. The highest BCUT2D eigenvalue weighted by Crippen LogP contribution is 2.31. The van der Waals surface area contributed by atoms with Crippen LogP contribution in [-0.2, 0) is 11.2 Å². The minimum atomic E-state index is -0.331. The molecule has 0 aliphatic heterocycles. The normalized spacial score (nSPS) is 16.3. The summed E-state index contributed by atoms with van der Waals surface area (Å²) in [6.45, 7) is 8.08. The van der Waals surface area contributed by atoms with E-state index in [9.17, 15) is 4.79 Å². The Morgan fingerprint density at radius 2 is 1.91 bits per heavy atom. The van der Waals surface area contributed by atoms with Crippen molar-refractivity contribution >= 4 is 23.4 Å². The minimum absolute atomic E-state index is 0.0139. The second kappa shape index (κ2) is 10.2. The molecule has 0 saturated heterocycles. The molecule has 32 heavy (non-hydrogen) atoms. The molecule has 0 radical (unpaired) electrons. The van der Waals surface area contributed by atoms with Gasteiger partial charge in [-0.2, -0.15) is 0 Å². The Bertz CT molecular complexity index is 1050. The van der Waals surface area contributed by atoms with Gasteiger partial charge in [0.05, 0.1) is 11.3 Å². The fraction of sp³-hybridized carbons (Fsp3) is 0.400. The van der Waals surface area contributed by atoms with Gasteiger partial charge in [0.1, 0.15) is 0 Å². The van der Waals surface area contributed by atoms with E-state index in [1.807, 2.05) is 25.1 Å². The number of amides is 1. The van der Waals surface area contributed by atoms with Crippen molar-refractivity contribution in [2.75, 3.05) is 18.0 Å².